The van der Waals surface area contributed by atoms with Crippen LogP contribution in [0.15, 0.2) is 0 Å². The molecule has 0 bridgehead atoms. The van der Waals surface area contributed by atoms with Crippen molar-refractivity contribution in [2.45, 2.75) is 82.6 Å². The van der Waals surface area contributed by atoms with Crippen LogP contribution in [-0.4, -0.2) is 106 Å². The number of carboxylic acid groups (broad SMARTS) is 1. The van der Waals surface area contributed by atoms with E-state index in [1.165, 1.54) is 20.8 Å². The maximum atomic E-state index is 12.6. The lowest BCUT2D eigenvalue weighted by molar-refractivity contribution is -0.281. The summed E-state index contributed by atoms with van der Waals surface area (Å²) in [5, 5.41) is 45.8. The van der Waals surface area contributed by atoms with Crippen LogP contribution in [0.5, 0.6) is 0 Å². The quantitative estimate of drug-likeness (QED) is 0.154. The van der Waals surface area contributed by atoms with Gasteiger partial charge in [-0.1, -0.05) is 0 Å². The van der Waals surface area contributed by atoms with E-state index in [-0.39, 0.29) is 0 Å². The predicted molar refractivity (Wildman–Crippen MR) is 107 cm³/mol. The van der Waals surface area contributed by atoms with Gasteiger partial charge in [-0.15, -0.1) is 0 Å². The minimum absolute atomic E-state index is 0.580. The first-order valence-electron chi connectivity index (χ1n) is 9.94. The van der Waals surface area contributed by atoms with Crippen LogP contribution in [0.1, 0.15) is 27.7 Å². The van der Waals surface area contributed by atoms with Crippen molar-refractivity contribution in [3.63, 3.8) is 0 Å². The minimum atomic E-state index is -1.58. The van der Waals surface area contributed by atoms with Crippen molar-refractivity contribution in [1.82, 2.24) is 16.0 Å². The number of aliphatic hydroxyl groups is 3. The molecule has 9 atom stereocenters. The molecule has 9 N–H and O–H groups in total. The average molecular weight is 464 g/mol. The van der Waals surface area contributed by atoms with Gasteiger partial charge in [0.05, 0.1) is 18.8 Å². The lowest BCUT2D eigenvalue weighted by Crippen LogP contribution is -2.66. The molecule has 184 valence electrons. The zero-order chi connectivity index (χ0) is 24.7. The second-order valence-corrected chi connectivity index (χ2v) is 7.62. The summed E-state index contributed by atoms with van der Waals surface area (Å²) >= 11 is 0. The van der Waals surface area contributed by atoms with Gasteiger partial charge in [0.25, 0.3) is 0 Å². The summed E-state index contributed by atoms with van der Waals surface area (Å²) in [5.74, 6) is -3.51. The van der Waals surface area contributed by atoms with E-state index >= 15 is 0 Å². The number of rotatable bonds is 10. The van der Waals surface area contributed by atoms with Gasteiger partial charge >= 0.3 is 5.97 Å². The molecule has 0 spiro atoms. The van der Waals surface area contributed by atoms with E-state index in [2.05, 4.69) is 16.0 Å². The summed E-state index contributed by atoms with van der Waals surface area (Å²) in [5.41, 5.74) is 5.53. The van der Waals surface area contributed by atoms with Crippen LogP contribution in [0.2, 0.25) is 0 Å². The molecule has 14 nitrogen and oxygen atoms in total. The number of ether oxygens (including phenoxy) is 2. The van der Waals surface area contributed by atoms with E-state index in [4.69, 9.17) is 20.3 Å². The van der Waals surface area contributed by atoms with Gasteiger partial charge in [-0.2, -0.15) is 0 Å². The molecule has 1 heterocycles. The number of amides is 3. The highest BCUT2D eigenvalue weighted by atomic mass is 16.7. The molecule has 0 aromatic heterocycles. The number of nitrogens with two attached hydrogens (primary N) is 1. The van der Waals surface area contributed by atoms with Crippen LogP contribution >= 0.6 is 0 Å². The van der Waals surface area contributed by atoms with E-state index in [1.807, 2.05) is 0 Å². The summed E-state index contributed by atoms with van der Waals surface area (Å²) in [6.07, 6.45) is -7.02. The molecule has 1 aliphatic rings. The number of carbonyl (C=O) groups is 4. The summed E-state index contributed by atoms with van der Waals surface area (Å²) < 4.78 is 11.1. The lowest BCUT2D eigenvalue weighted by Gasteiger charge is -2.43. The molecule has 1 rings (SSSR count). The van der Waals surface area contributed by atoms with Crippen LogP contribution in [0.25, 0.3) is 0 Å². The minimum Gasteiger partial charge on any atom is -0.480 e. The summed E-state index contributed by atoms with van der Waals surface area (Å²) in [4.78, 5) is 47.3. The topological polar surface area (TPSA) is 230 Å². The Bertz CT molecular complexity index is 691. The molecule has 0 aliphatic carbocycles. The first kappa shape index (κ1) is 27.7. The van der Waals surface area contributed by atoms with Crippen LogP contribution in [-0.2, 0) is 28.7 Å². The molecule has 0 saturated carbocycles. The number of hydrogen-bond acceptors (Lipinski definition) is 10. The number of carboxylic acids is 1. The fraction of sp³-hybridized carbons (Fsp3) is 0.778. The zero-order valence-corrected chi connectivity index (χ0v) is 18.2. The average Bonchev–Trinajstić information content (AvgIpc) is 2.70. The normalized spacial score (nSPS) is 29.2. The Balaban J connectivity index is 3.13. The summed E-state index contributed by atoms with van der Waals surface area (Å²) in [6, 6.07) is -4.99. The van der Waals surface area contributed by atoms with E-state index in [1.54, 1.807) is 0 Å². The van der Waals surface area contributed by atoms with E-state index in [0.29, 0.717) is 0 Å². The number of hydrogen-bond donors (Lipinski definition) is 8. The highest BCUT2D eigenvalue weighted by molar-refractivity contribution is 5.91. The Kier molecular flexibility index (Phi) is 10.4. The first-order chi connectivity index (χ1) is 14.8. The molecule has 0 unspecified atom stereocenters. The van der Waals surface area contributed by atoms with Crippen molar-refractivity contribution in [2.75, 3.05) is 6.61 Å². The fourth-order valence-corrected chi connectivity index (χ4v) is 2.92. The summed E-state index contributed by atoms with van der Waals surface area (Å²) in [6.45, 7) is 4.43. The molecule has 3 amide bonds. The van der Waals surface area contributed by atoms with E-state index < -0.39 is 85.2 Å². The highest BCUT2D eigenvalue weighted by Gasteiger charge is 2.46. The second kappa shape index (κ2) is 12.0. The molecule has 14 heteroatoms. The van der Waals surface area contributed by atoms with Crippen molar-refractivity contribution in [2.24, 2.45) is 5.73 Å². The Morgan fingerprint density at radius 3 is 2.12 bits per heavy atom. The van der Waals surface area contributed by atoms with Crippen molar-refractivity contribution < 1.29 is 49.1 Å². The SMILES string of the molecule is CC(=O)N[C@H]1[C@@H](O[C@H](C)[C@H](NC(=O)[C@H](C)N)C(=O)N[C@@H](C)C(=O)O)O[C@H](CO)[C@H](O)[C@@H]1O. The Morgan fingerprint density at radius 1 is 1.06 bits per heavy atom. The molecule has 0 radical (unpaired) electrons. The van der Waals surface area contributed by atoms with Gasteiger partial charge in [0, 0.05) is 6.92 Å². The maximum absolute atomic E-state index is 12.6. The molecule has 1 aliphatic heterocycles. The Morgan fingerprint density at radius 2 is 1.66 bits per heavy atom. The van der Waals surface area contributed by atoms with Crippen LogP contribution < -0.4 is 21.7 Å². The zero-order valence-electron chi connectivity index (χ0n) is 18.2. The molecule has 1 fully saturated rings. The van der Waals surface area contributed by atoms with Crippen molar-refractivity contribution in [3.8, 4) is 0 Å². The van der Waals surface area contributed by atoms with Gasteiger partial charge < -0.3 is 51.6 Å². The lowest BCUT2D eigenvalue weighted by atomic mass is 9.96. The molecule has 0 aromatic carbocycles. The summed E-state index contributed by atoms with van der Waals surface area (Å²) in [7, 11) is 0. The number of carbonyl (C=O) groups excluding carboxylic acids is 3. The number of aliphatic hydroxyl groups excluding tert-OH is 3. The smallest absolute Gasteiger partial charge is 0.325 e. The fourth-order valence-electron chi connectivity index (χ4n) is 2.92. The standard InChI is InChI=1S/C18H32N4O10/c1-6(19)15(27)22-11(16(28)20-7(2)17(29)30)8(3)31-18-12(21-9(4)24)14(26)13(25)10(5-23)32-18/h6-8,10-14,18,23,25-26H,5,19H2,1-4H3,(H,20,28)(H,21,24)(H,22,27)(H,29,30)/t6-,7-,8+,10+,11-,12+,13-,14+,18-/m0/s1. The first-order valence-corrected chi connectivity index (χ1v) is 9.94. The third kappa shape index (κ3) is 7.36. The van der Waals surface area contributed by atoms with E-state index in [0.717, 1.165) is 6.92 Å². The Labute approximate surface area is 184 Å². The van der Waals surface area contributed by atoms with Gasteiger partial charge in [0.15, 0.2) is 6.29 Å². The van der Waals surface area contributed by atoms with Gasteiger partial charge in [0.1, 0.15) is 36.4 Å². The van der Waals surface area contributed by atoms with Gasteiger partial charge in [-0.25, -0.2) is 0 Å². The third-order valence-electron chi connectivity index (χ3n) is 4.79. The molecule has 32 heavy (non-hydrogen) atoms. The monoisotopic (exact) mass is 464 g/mol. The Hall–Kier alpha value is -2.36. The van der Waals surface area contributed by atoms with Crippen LogP contribution in [0.3, 0.4) is 0 Å². The van der Waals surface area contributed by atoms with Crippen molar-refractivity contribution >= 4 is 23.7 Å². The molecule has 0 aromatic rings. The third-order valence-corrected chi connectivity index (χ3v) is 4.79. The molecule has 1 saturated heterocycles. The van der Waals surface area contributed by atoms with Gasteiger partial charge in [0.2, 0.25) is 17.7 Å². The van der Waals surface area contributed by atoms with Crippen LogP contribution in [0, 0.1) is 0 Å². The van der Waals surface area contributed by atoms with E-state index in [9.17, 15) is 34.5 Å². The molecular formula is C18H32N4O10. The second-order valence-electron chi connectivity index (χ2n) is 7.62. The van der Waals surface area contributed by atoms with Gasteiger partial charge in [-0.3, -0.25) is 19.2 Å². The van der Waals surface area contributed by atoms with Crippen LogP contribution in [0.4, 0.5) is 0 Å². The predicted octanol–water partition coefficient (Wildman–Crippen LogP) is -4.24. The molecular weight excluding hydrogens is 432 g/mol. The number of nitrogens with one attached hydrogen (secondary N) is 3. The maximum Gasteiger partial charge on any atom is 0.325 e. The van der Waals surface area contributed by atoms with Gasteiger partial charge in [-0.05, 0) is 20.8 Å². The van der Waals surface area contributed by atoms with Crippen molar-refractivity contribution in [3.05, 3.63) is 0 Å². The highest BCUT2D eigenvalue weighted by Crippen LogP contribution is 2.24. The van der Waals surface area contributed by atoms with Crippen molar-refractivity contribution in [1.29, 1.82) is 0 Å². The number of aliphatic carboxylic acids is 1. The largest absolute Gasteiger partial charge is 0.480 e.